The Morgan fingerprint density at radius 3 is 1.96 bits per heavy atom. The summed E-state index contributed by atoms with van der Waals surface area (Å²) in [6.45, 7) is 4.64. The average Bonchev–Trinajstić information content (AvgIpc) is 3.39. The molecule has 1 N–H and O–H groups in total. The Labute approximate surface area is 286 Å². The molecule has 4 heteroatoms. The van der Waals surface area contributed by atoms with Crippen LogP contribution in [0.2, 0.25) is 0 Å². The first-order valence-electron chi connectivity index (χ1n) is 16.8. The number of benzene rings is 6. The Morgan fingerprint density at radius 1 is 0.531 bits per heavy atom. The molecule has 0 fully saturated rings. The molecule has 6 aromatic carbocycles. The molecule has 4 nitrogen and oxygen atoms in total. The van der Waals surface area contributed by atoms with Crippen molar-refractivity contribution in [2.45, 2.75) is 25.4 Å². The number of rotatable bonds is 5. The summed E-state index contributed by atoms with van der Waals surface area (Å²) in [4.78, 5) is 15.4. The Hall–Kier alpha value is -6.13. The number of nitrogens with one attached hydrogen (secondary N) is 1. The number of fused-ring (bicyclic) bond motifs is 4. The molecule has 0 amide bonds. The number of hydrogen-bond acceptors (Lipinski definition) is 4. The second-order valence-electron chi connectivity index (χ2n) is 13.3. The molecule has 0 saturated carbocycles. The van der Waals surface area contributed by atoms with E-state index in [1.54, 1.807) is 0 Å². The van der Waals surface area contributed by atoms with Gasteiger partial charge in [-0.2, -0.15) is 0 Å². The quantitative estimate of drug-likeness (QED) is 0.206. The Morgan fingerprint density at radius 2 is 1.18 bits per heavy atom. The molecular formula is C45H34N4. The third-order valence-electron chi connectivity index (χ3n) is 9.92. The van der Waals surface area contributed by atoms with Gasteiger partial charge in [-0.05, 0) is 63.2 Å². The van der Waals surface area contributed by atoms with Crippen molar-refractivity contribution in [3.63, 3.8) is 0 Å². The predicted octanol–water partition coefficient (Wildman–Crippen LogP) is 10.4. The highest BCUT2D eigenvalue weighted by Gasteiger charge is 2.36. The molecule has 0 radical (unpaired) electrons. The number of aliphatic imine (C=N–C) groups is 2. The van der Waals surface area contributed by atoms with Gasteiger partial charge in [-0.1, -0.05) is 147 Å². The van der Waals surface area contributed by atoms with Gasteiger partial charge in [-0.3, -0.25) is 0 Å². The van der Waals surface area contributed by atoms with Crippen molar-refractivity contribution in [3.05, 3.63) is 186 Å². The first kappa shape index (κ1) is 29.0. The highest BCUT2D eigenvalue weighted by molar-refractivity contribution is 6.13. The molecule has 1 atom stereocenters. The van der Waals surface area contributed by atoms with Crippen molar-refractivity contribution in [1.29, 1.82) is 0 Å². The van der Waals surface area contributed by atoms with E-state index in [0.29, 0.717) is 5.84 Å². The highest BCUT2D eigenvalue weighted by Crippen LogP contribution is 2.50. The summed E-state index contributed by atoms with van der Waals surface area (Å²) in [7, 11) is 0. The van der Waals surface area contributed by atoms with E-state index in [2.05, 4.69) is 153 Å². The number of amidine groups is 2. The SMILES string of the molecule is CC1(C)c2ccccc2-c2cc3c(-c4cccc(C5=NC(c6ccccc6)=NC(c6ccccc6)N5)c4)cc(-c4ccccc4)nc3cc21. The second kappa shape index (κ2) is 11.5. The minimum absolute atomic E-state index is 0.108. The molecule has 2 aliphatic rings. The molecular weight excluding hydrogens is 597 g/mol. The first-order chi connectivity index (χ1) is 24.0. The normalized spacial score (nSPS) is 15.9. The van der Waals surface area contributed by atoms with Crippen molar-refractivity contribution in [2.24, 2.45) is 9.98 Å². The Balaban J connectivity index is 1.22. The minimum atomic E-state index is -0.259. The lowest BCUT2D eigenvalue weighted by atomic mass is 9.82. The van der Waals surface area contributed by atoms with Gasteiger partial charge in [0.05, 0.1) is 11.2 Å². The van der Waals surface area contributed by atoms with E-state index in [9.17, 15) is 0 Å². The van der Waals surface area contributed by atoms with Crippen molar-refractivity contribution in [3.8, 4) is 33.5 Å². The summed E-state index contributed by atoms with van der Waals surface area (Å²) < 4.78 is 0. The molecule has 1 aliphatic heterocycles. The van der Waals surface area contributed by atoms with Crippen molar-refractivity contribution in [2.75, 3.05) is 0 Å². The summed E-state index contributed by atoms with van der Waals surface area (Å²) in [6.07, 6.45) is -0.259. The van der Waals surface area contributed by atoms with Crippen LogP contribution >= 0.6 is 0 Å². The molecule has 1 aliphatic carbocycles. The van der Waals surface area contributed by atoms with E-state index in [0.717, 1.165) is 55.8 Å². The van der Waals surface area contributed by atoms with Gasteiger partial charge in [0, 0.05) is 27.5 Å². The summed E-state index contributed by atoms with van der Waals surface area (Å²) >= 11 is 0. The molecule has 49 heavy (non-hydrogen) atoms. The van der Waals surface area contributed by atoms with Crippen LogP contribution in [0.5, 0.6) is 0 Å². The Kier molecular flexibility index (Phi) is 6.84. The largest absolute Gasteiger partial charge is 0.344 e. The monoisotopic (exact) mass is 630 g/mol. The summed E-state index contributed by atoms with van der Waals surface area (Å²) in [5.74, 6) is 1.51. The van der Waals surface area contributed by atoms with Gasteiger partial charge in [0.1, 0.15) is 12.0 Å². The zero-order chi connectivity index (χ0) is 33.0. The van der Waals surface area contributed by atoms with Crippen LogP contribution in [-0.2, 0) is 5.41 Å². The molecule has 9 rings (SSSR count). The summed E-state index contributed by atoms with van der Waals surface area (Å²) in [5.41, 5.74) is 13.5. The van der Waals surface area contributed by atoms with Crippen LogP contribution in [0.3, 0.4) is 0 Å². The Bertz CT molecular complexity index is 2430. The van der Waals surface area contributed by atoms with Crippen LogP contribution < -0.4 is 5.32 Å². The fourth-order valence-corrected chi connectivity index (χ4v) is 7.37. The molecule has 234 valence electrons. The van der Waals surface area contributed by atoms with Crippen LogP contribution in [0.15, 0.2) is 168 Å². The summed E-state index contributed by atoms with van der Waals surface area (Å²) in [6, 6.07) is 55.5. The minimum Gasteiger partial charge on any atom is -0.344 e. The van der Waals surface area contributed by atoms with Gasteiger partial charge in [0.25, 0.3) is 0 Å². The van der Waals surface area contributed by atoms with E-state index in [4.69, 9.17) is 15.0 Å². The van der Waals surface area contributed by atoms with Crippen LogP contribution in [0.25, 0.3) is 44.4 Å². The van der Waals surface area contributed by atoms with Crippen molar-refractivity contribution < 1.29 is 0 Å². The molecule has 7 aromatic rings. The maximum absolute atomic E-state index is 5.28. The van der Waals surface area contributed by atoms with Gasteiger partial charge < -0.3 is 5.32 Å². The number of hydrogen-bond donors (Lipinski definition) is 1. The lowest BCUT2D eigenvalue weighted by Crippen LogP contribution is -2.33. The maximum Gasteiger partial charge on any atom is 0.159 e. The van der Waals surface area contributed by atoms with E-state index in [1.807, 2.05) is 24.3 Å². The van der Waals surface area contributed by atoms with Crippen molar-refractivity contribution >= 4 is 22.6 Å². The molecule has 1 unspecified atom stereocenters. The third kappa shape index (κ3) is 5.04. The summed E-state index contributed by atoms with van der Waals surface area (Å²) in [5, 5.41) is 4.78. The van der Waals surface area contributed by atoms with Gasteiger partial charge in [0.15, 0.2) is 5.84 Å². The van der Waals surface area contributed by atoms with Gasteiger partial charge in [0.2, 0.25) is 0 Å². The number of pyridine rings is 1. The van der Waals surface area contributed by atoms with Gasteiger partial charge in [-0.25, -0.2) is 15.0 Å². The van der Waals surface area contributed by atoms with E-state index < -0.39 is 0 Å². The lowest BCUT2D eigenvalue weighted by Gasteiger charge is -2.24. The zero-order valence-electron chi connectivity index (χ0n) is 27.4. The first-order valence-corrected chi connectivity index (χ1v) is 16.8. The number of nitrogens with zero attached hydrogens (tertiary/aromatic N) is 3. The number of aromatic nitrogens is 1. The van der Waals surface area contributed by atoms with E-state index in [-0.39, 0.29) is 11.6 Å². The predicted molar refractivity (Wildman–Crippen MR) is 202 cm³/mol. The van der Waals surface area contributed by atoms with Crippen LogP contribution in [-0.4, -0.2) is 16.7 Å². The standard InChI is InChI=1S/C45H34N4/c1-45(2)38-24-13-12-23-34(38)36-26-37-35(27-40(29-15-6-3-7-16-29)46-41(37)28-39(36)45)32-21-14-22-33(25-32)44-48-42(30-17-8-4-9-18-30)47-43(49-44)31-19-10-5-11-20-31/h3-28,42H,1-2H3,(H,47,48,49). The zero-order valence-corrected chi connectivity index (χ0v) is 27.4. The average molecular weight is 631 g/mol. The third-order valence-corrected chi connectivity index (χ3v) is 9.92. The highest BCUT2D eigenvalue weighted by atomic mass is 15.2. The topological polar surface area (TPSA) is 49.6 Å². The smallest absolute Gasteiger partial charge is 0.159 e. The molecule has 0 bridgehead atoms. The second-order valence-corrected chi connectivity index (χ2v) is 13.3. The fraction of sp³-hybridized carbons (Fsp3) is 0.0889. The van der Waals surface area contributed by atoms with E-state index >= 15 is 0 Å². The van der Waals surface area contributed by atoms with Gasteiger partial charge >= 0.3 is 0 Å². The molecule has 0 saturated heterocycles. The molecule has 2 heterocycles. The fourth-order valence-electron chi connectivity index (χ4n) is 7.37. The molecule has 1 aromatic heterocycles. The van der Waals surface area contributed by atoms with Gasteiger partial charge in [-0.15, -0.1) is 0 Å². The maximum atomic E-state index is 5.28. The van der Waals surface area contributed by atoms with Crippen LogP contribution in [0.1, 0.15) is 47.8 Å². The van der Waals surface area contributed by atoms with Crippen LogP contribution in [0, 0.1) is 0 Å². The lowest BCUT2D eigenvalue weighted by molar-refractivity contribution is 0.661. The molecule has 0 spiro atoms. The van der Waals surface area contributed by atoms with Crippen molar-refractivity contribution in [1.82, 2.24) is 10.3 Å². The van der Waals surface area contributed by atoms with E-state index in [1.165, 1.54) is 22.3 Å². The van der Waals surface area contributed by atoms with Crippen LogP contribution in [0.4, 0.5) is 0 Å².